The molecule has 0 radical (unpaired) electrons. The molecule has 0 saturated heterocycles. The lowest BCUT2D eigenvalue weighted by molar-refractivity contribution is 0.516. The number of rotatable bonds is 3. The second-order valence-corrected chi connectivity index (χ2v) is 6.82. The number of hydrogen-bond donors (Lipinski definition) is 0. The van der Waals surface area contributed by atoms with Gasteiger partial charge in [0.1, 0.15) is 10.4 Å². The standard InChI is InChI=1S/C19H10BrF2N5/c20-16-14-12(4-5-13(21)15(14)22)11(8-25-16)9-27-18(10-2-1-3-10)26-17-19(27)24-7-6-23-17/h1-8H,9H2. The number of nitrogens with zero attached hydrogens (tertiary/aromatic N) is 5. The number of fused-ring (bicyclic) bond motifs is 2. The van der Waals surface area contributed by atoms with Gasteiger partial charge in [0.25, 0.3) is 0 Å². The lowest BCUT2D eigenvalue weighted by Gasteiger charge is -2.14. The fourth-order valence-corrected chi connectivity index (χ4v) is 3.64. The van der Waals surface area contributed by atoms with Gasteiger partial charge < -0.3 is 4.57 Å². The Hall–Kier alpha value is -3.00. The van der Waals surface area contributed by atoms with Crippen LogP contribution in [0.2, 0.25) is 0 Å². The van der Waals surface area contributed by atoms with Crippen LogP contribution in [-0.4, -0.2) is 24.5 Å². The summed E-state index contributed by atoms with van der Waals surface area (Å²) in [5.74, 6) is -1.11. The Balaban J connectivity index is 1.73. The van der Waals surface area contributed by atoms with Gasteiger partial charge in [-0.15, -0.1) is 0 Å². The van der Waals surface area contributed by atoms with Crippen molar-refractivity contribution < 1.29 is 8.78 Å². The third-order valence-corrected chi connectivity index (χ3v) is 5.10. The molecule has 0 unspecified atom stereocenters. The van der Waals surface area contributed by atoms with E-state index in [1.54, 1.807) is 24.7 Å². The highest BCUT2D eigenvalue weighted by atomic mass is 79.9. The van der Waals surface area contributed by atoms with Crippen molar-refractivity contribution in [2.24, 2.45) is 0 Å². The Morgan fingerprint density at radius 1 is 1.07 bits per heavy atom. The largest absolute Gasteiger partial charge is 0.303 e. The summed E-state index contributed by atoms with van der Waals surface area (Å²) in [6.07, 6.45) is 10.6. The molecule has 132 valence electrons. The van der Waals surface area contributed by atoms with Crippen LogP contribution in [0.4, 0.5) is 8.78 Å². The van der Waals surface area contributed by atoms with E-state index in [2.05, 4.69) is 35.9 Å². The molecule has 0 atom stereocenters. The van der Waals surface area contributed by atoms with Crippen LogP contribution in [0.5, 0.6) is 0 Å². The molecule has 1 aliphatic rings. The maximum absolute atomic E-state index is 14.3. The molecule has 0 spiro atoms. The first kappa shape index (κ1) is 16.2. The van der Waals surface area contributed by atoms with E-state index in [4.69, 9.17) is 0 Å². The number of imidazole rings is 1. The quantitative estimate of drug-likeness (QED) is 0.456. The smallest absolute Gasteiger partial charge is 0.198 e. The van der Waals surface area contributed by atoms with Gasteiger partial charge in [-0.25, -0.2) is 28.7 Å². The highest BCUT2D eigenvalue weighted by Gasteiger charge is 2.19. The summed E-state index contributed by atoms with van der Waals surface area (Å²) in [6.45, 7) is 0.345. The molecule has 8 heteroatoms. The zero-order valence-electron chi connectivity index (χ0n) is 13.7. The normalized spacial score (nSPS) is 13.2. The van der Waals surface area contributed by atoms with Gasteiger partial charge in [0.15, 0.2) is 22.9 Å². The van der Waals surface area contributed by atoms with Crippen molar-refractivity contribution in [3.8, 4) is 0 Å². The number of pyridine rings is 1. The van der Waals surface area contributed by atoms with Gasteiger partial charge in [0.2, 0.25) is 0 Å². The average Bonchev–Trinajstić information content (AvgIpc) is 2.97. The van der Waals surface area contributed by atoms with Crippen LogP contribution in [0.1, 0.15) is 11.4 Å². The predicted octanol–water partition coefficient (Wildman–Crippen LogP) is 4.42. The minimum Gasteiger partial charge on any atom is -0.303 e. The maximum Gasteiger partial charge on any atom is 0.198 e. The third kappa shape index (κ3) is 2.48. The van der Waals surface area contributed by atoms with E-state index in [0.29, 0.717) is 23.2 Å². The summed E-state index contributed by atoms with van der Waals surface area (Å²) < 4.78 is 30.2. The molecule has 5 nitrogen and oxygen atoms in total. The third-order valence-electron chi connectivity index (χ3n) is 4.50. The van der Waals surface area contributed by atoms with Crippen LogP contribution < -0.4 is 0 Å². The van der Waals surface area contributed by atoms with Crippen molar-refractivity contribution in [1.82, 2.24) is 24.5 Å². The van der Waals surface area contributed by atoms with Crippen molar-refractivity contribution in [2.75, 3.05) is 0 Å². The summed E-state index contributed by atoms with van der Waals surface area (Å²) >= 11 is 3.21. The second-order valence-electron chi connectivity index (χ2n) is 6.06. The van der Waals surface area contributed by atoms with E-state index in [9.17, 15) is 8.78 Å². The molecule has 1 aliphatic carbocycles. The highest BCUT2D eigenvalue weighted by Crippen LogP contribution is 2.31. The summed E-state index contributed by atoms with van der Waals surface area (Å²) in [5, 5.41) is 0.693. The van der Waals surface area contributed by atoms with Crippen LogP contribution in [0.25, 0.3) is 27.6 Å². The van der Waals surface area contributed by atoms with Gasteiger partial charge >= 0.3 is 0 Å². The van der Waals surface area contributed by atoms with Gasteiger partial charge in [-0.1, -0.05) is 24.3 Å². The molecule has 0 amide bonds. The SMILES string of the molecule is Fc1ccc2c(Cn3c(C4=CC=C4)nc4nccnc43)cnc(Br)c2c1F. The molecule has 0 N–H and O–H groups in total. The van der Waals surface area contributed by atoms with Gasteiger partial charge in [0.05, 0.1) is 11.9 Å². The van der Waals surface area contributed by atoms with E-state index in [1.165, 1.54) is 0 Å². The van der Waals surface area contributed by atoms with Gasteiger partial charge in [-0.05, 0) is 32.9 Å². The van der Waals surface area contributed by atoms with Crippen LogP contribution in [-0.2, 0) is 6.54 Å². The van der Waals surface area contributed by atoms with Crippen molar-refractivity contribution in [1.29, 1.82) is 0 Å². The number of hydrogen-bond acceptors (Lipinski definition) is 4. The molecule has 0 saturated carbocycles. The van der Waals surface area contributed by atoms with Crippen molar-refractivity contribution in [3.63, 3.8) is 0 Å². The molecule has 5 rings (SSSR count). The summed E-state index contributed by atoms with van der Waals surface area (Å²) in [6, 6.07) is 2.68. The summed E-state index contributed by atoms with van der Waals surface area (Å²) in [7, 11) is 0. The van der Waals surface area contributed by atoms with Crippen molar-refractivity contribution in [3.05, 3.63) is 76.6 Å². The molecule has 27 heavy (non-hydrogen) atoms. The number of halogens is 3. The number of allylic oxidation sites excluding steroid dienone is 4. The molecule has 0 fully saturated rings. The van der Waals surface area contributed by atoms with Crippen LogP contribution in [0.15, 0.2) is 53.6 Å². The molecule has 0 bridgehead atoms. The monoisotopic (exact) mass is 425 g/mol. The number of benzene rings is 1. The average molecular weight is 426 g/mol. The molecular formula is C19H10BrF2N5. The minimum absolute atomic E-state index is 0.118. The Morgan fingerprint density at radius 2 is 1.89 bits per heavy atom. The van der Waals surface area contributed by atoms with E-state index in [-0.39, 0.29) is 9.99 Å². The Labute approximate surface area is 160 Å². The zero-order valence-corrected chi connectivity index (χ0v) is 15.3. The zero-order chi connectivity index (χ0) is 18.5. The fraction of sp³-hybridized carbons (Fsp3) is 0.0526. The second kappa shape index (κ2) is 6.02. The highest BCUT2D eigenvalue weighted by molar-refractivity contribution is 9.10. The Kier molecular flexibility index (Phi) is 3.61. The van der Waals surface area contributed by atoms with Gasteiger partial charge in [-0.2, -0.15) is 0 Å². The fourth-order valence-electron chi connectivity index (χ4n) is 3.15. The first-order valence-corrected chi connectivity index (χ1v) is 8.90. The van der Waals surface area contributed by atoms with Crippen molar-refractivity contribution in [2.45, 2.75) is 6.54 Å². The molecule has 3 aromatic heterocycles. The lowest BCUT2D eigenvalue weighted by atomic mass is 10.1. The van der Waals surface area contributed by atoms with Crippen LogP contribution in [0, 0.1) is 11.6 Å². The topological polar surface area (TPSA) is 56.5 Å². The van der Waals surface area contributed by atoms with E-state index in [1.807, 2.05) is 22.8 Å². The molecule has 3 heterocycles. The first-order chi connectivity index (χ1) is 13.1. The first-order valence-electron chi connectivity index (χ1n) is 8.10. The van der Waals surface area contributed by atoms with Gasteiger partial charge in [0, 0.05) is 24.2 Å². The van der Waals surface area contributed by atoms with E-state index < -0.39 is 11.6 Å². The number of aromatic nitrogens is 5. The molecular weight excluding hydrogens is 416 g/mol. The molecule has 0 aliphatic heterocycles. The lowest BCUT2D eigenvalue weighted by Crippen LogP contribution is -2.07. The van der Waals surface area contributed by atoms with E-state index in [0.717, 1.165) is 23.0 Å². The predicted molar refractivity (Wildman–Crippen MR) is 101 cm³/mol. The van der Waals surface area contributed by atoms with E-state index >= 15 is 0 Å². The van der Waals surface area contributed by atoms with Gasteiger partial charge in [-0.3, -0.25) is 0 Å². The summed E-state index contributed by atoms with van der Waals surface area (Å²) in [5.41, 5.74) is 2.83. The Morgan fingerprint density at radius 3 is 2.67 bits per heavy atom. The molecule has 1 aromatic carbocycles. The molecule has 4 aromatic rings. The minimum atomic E-state index is -0.922. The Bertz CT molecular complexity index is 1290. The van der Waals surface area contributed by atoms with Crippen molar-refractivity contribution >= 4 is 43.6 Å². The van der Waals surface area contributed by atoms with Crippen LogP contribution in [0.3, 0.4) is 0 Å². The maximum atomic E-state index is 14.3. The van der Waals surface area contributed by atoms with Crippen LogP contribution >= 0.6 is 15.9 Å². The summed E-state index contributed by atoms with van der Waals surface area (Å²) in [4.78, 5) is 17.4.